The first-order valence-corrected chi connectivity index (χ1v) is 5.75. The molecule has 1 aliphatic heterocycles. The van der Waals surface area contributed by atoms with Gasteiger partial charge in [0.25, 0.3) is 0 Å². The Morgan fingerprint density at radius 2 is 2.15 bits per heavy atom. The minimum Gasteiger partial charge on any atom is -0.481 e. The van der Waals surface area contributed by atoms with Crippen molar-refractivity contribution in [1.29, 1.82) is 0 Å². The number of hydrogen-bond donors (Lipinski definition) is 1. The second-order valence-corrected chi connectivity index (χ2v) is 4.69. The number of alkyl halides is 1. The standard InChI is InChI=1S/C9H15FO2S/c10-6-8(5-9(11)12)7-1-3-13-4-2-7/h7-8H,1-6H2,(H,11,12). The summed E-state index contributed by atoms with van der Waals surface area (Å²) in [5, 5.41) is 8.57. The molecule has 4 heteroatoms. The van der Waals surface area contributed by atoms with E-state index in [0.717, 1.165) is 24.3 Å². The monoisotopic (exact) mass is 206 g/mol. The van der Waals surface area contributed by atoms with Gasteiger partial charge in [-0.15, -0.1) is 0 Å². The Morgan fingerprint density at radius 1 is 1.54 bits per heavy atom. The number of carboxylic acids is 1. The van der Waals surface area contributed by atoms with Gasteiger partial charge < -0.3 is 5.11 Å². The fourth-order valence-corrected chi connectivity index (χ4v) is 2.90. The summed E-state index contributed by atoms with van der Waals surface area (Å²) >= 11 is 1.88. The van der Waals surface area contributed by atoms with Crippen molar-refractivity contribution in [2.45, 2.75) is 19.3 Å². The maximum Gasteiger partial charge on any atom is 0.303 e. The van der Waals surface area contributed by atoms with Gasteiger partial charge >= 0.3 is 5.97 Å². The molecule has 76 valence electrons. The molecule has 1 fully saturated rings. The van der Waals surface area contributed by atoms with Gasteiger partial charge in [0.1, 0.15) is 0 Å². The quantitative estimate of drug-likeness (QED) is 0.766. The van der Waals surface area contributed by atoms with Crippen molar-refractivity contribution in [2.24, 2.45) is 11.8 Å². The predicted octanol–water partition coefficient (Wildman–Crippen LogP) is 2.19. The molecule has 0 spiro atoms. The molecule has 13 heavy (non-hydrogen) atoms. The summed E-state index contributed by atoms with van der Waals surface area (Å²) in [6.45, 7) is -0.484. The van der Waals surface area contributed by atoms with Crippen molar-refractivity contribution in [3.8, 4) is 0 Å². The van der Waals surface area contributed by atoms with Crippen LogP contribution in [0.15, 0.2) is 0 Å². The fraction of sp³-hybridized carbons (Fsp3) is 0.889. The lowest BCUT2D eigenvalue weighted by atomic mass is 9.86. The number of carboxylic acid groups (broad SMARTS) is 1. The minimum atomic E-state index is -0.874. The zero-order valence-electron chi connectivity index (χ0n) is 7.54. The van der Waals surface area contributed by atoms with Gasteiger partial charge in [-0.1, -0.05) is 0 Å². The number of carbonyl (C=O) groups is 1. The van der Waals surface area contributed by atoms with Crippen LogP contribution in [-0.4, -0.2) is 29.3 Å². The molecule has 1 N–H and O–H groups in total. The van der Waals surface area contributed by atoms with Crippen LogP contribution in [0, 0.1) is 11.8 Å². The molecular weight excluding hydrogens is 191 g/mol. The van der Waals surface area contributed by atoms with E-state index in [1.807, 2.05) is 11.8 Å². The summed E-state index contributed by atoms with van der Waals surface area (Å²) in [6, 6.07) is 0. The summed E-state index contributed by atoms with van der Waals surface area (Å²) in [7, 11) is 0. The van der Waals surface area contributed by atoms with Gasteiger partial charge in [-0.25, -0.2) is 0 Å². The lowest BCUT2D eigenvalue weighted by molar-refractivity contribution is -0.138. The van der Waals surface area contributed by atoms with Gasteiger partial charge in [0.2, 0.25) is 0 Å². The maximum absolute atomic E-state index is 12.5. The summed E-state index contributed by atoms with van der Waals surface area (Å²) in [6.07, 6.45) is 1.95. The average Bonchev–Trinajstić information content (AvgIpc) is 2.15. The molecule has 0 saturated carbocycles. The molecule has 1 rings (SSSR count). The molecule has 0 radical (unpaired) electrons. The predicted molar refractivity (Wildman–Crippen MR) is 51.8 cm³/mol. The summed E-state index contributed by atoms with van der Waals surface area (Å²) in [5.41, 5.74) is 0. The Balaban J connectivity index is 2.39. The zero-order chi connectivity index (χ0) is 9.68. The Hall–Kier alpha value is -0.250. The number of hydrogen-bond acceptors (Lipinski definition) is 2. The van der Waals surface area contributed by atoms with Crippen LogP contribution in [0.25, 0.3) is 0 Å². The van der Waals surface area contributed by atoms with Crippen LogP contribution < -0.4 is 0 Å². The maximum atomic E-state index is 12.5. The van der Waals surface area contributed by atoms with Gasteiger partial charge in [0.05, 0.1) is 13.1 Å². The molecule has 0 aromatic heterocycles. The first-order valence-electron chi connectivity index (χ1n) is 4.59. The van der Waals surface area contributed by atoms with Crippen LogP contribution in [0.3, 0.4) is 0 Å². The smallest absolute Gasteiger partial charge is 0.303 e. The third-order valence-electron chi connectivity index (χ3n) is 2.57. The lowest BCUT2D eigenvalue weighted by Gasteiger charge is -2.26. The number of halogens is 1. The topological polar surface area (TPSA) is 37.3 Å². The van der Waals surface area contributed by atoms with Crippen LogP contribution in [-0.2, 0) is 4.79 Å². The van der Waals surface area contributed by atoms with E-state index in [0.29, 0.717) is 5.92 Å². The largest absolute Gasteiger partial charge is 0.481 e. The third kappa shape index (κ3) is 3.55. The van der Waals surface area contributed by atoms with Crippen molar-refractivity contribution >= 4 is 17.7 Å². The molecule has 1 atom stereocenters. The van der Waals surface area contributed by atoms with Gasteiger partial charge in [-0.05, 0) is 30.3 Å². The third-order valence-corrected chi connectivity index (χ3v) is 3.62. The van der Waals surface area contributed by atoms with E-state index in [-0.39, 0.29) is 12.3 Å². The van der Waals surface area contributed by atoms with Crippen LogP contribution >= 0.6 is 11.8 Å². The Kier molecular flexibility index (Phi) is 4.56. The first-order chi connectivity index (χ1) is 6.24. The number of rotatable bonds is 4. The van der Waals surface area contributed by atoms with Crippen molar-refractivity contribution in [1.82, 2.24) is 0 Å². The summed E-state index contributed by atoms with van der Waals surface area (Å²) in [4.78, 5) is 10.4. The van der Waals surface area contributed by atoms with Crippen molar-refractivity contribution in [3.05, 3.63) is 0 Å². The molecule has 0 aromatic carbocycles. The van der Waals surface area contributed by atoms with Crippen molar-refractivity contribution in [3.63, 3.8) is 0 Å². The van der Waals surface area contributed by atoms with Gasteiger partial charge in [0, 0.05) is 5.92 Å². The van der Waals surface area contributed by atoms with E-state index in [1.54, 1.807) is 0 Å². The van der Waals surface area contributed by atoms with Gasteiger partial charge in [-0.2, -0.15) is 11.8 Å². The van der Waals surface area contributed by atoms with E-state index < -0.39 is 12.6 Å². The highest BCUT2D eigenvalue weighted by molar-refractivity contribution is 7.99. The number of thioether (sulfide) groups is 1. The Labute approximate surface area is 81.9 Å². The van der Waals surface area contributed by atoms with Crippen LogP contribution in [0.2, 0.25) is 0 Å². The molecular formula is C9H15FO2S. The molecule has 0 amide bonds. The molecule has 1 saturated heterocycles. The van der Waals surface area contributed by atoms with E-state index in [2.05, 4.69) is 0 Å². The second-order valence-electron chi connectivity index (χ2n) is 3.46. The molecule has 2 nitrogen and oxygen atoms in total. The zero-order valence-corrected chi connectivity index (χ0v) is 8.36. The van der Waals surface area contributed by atoms with E-state index >= 15 is 0 Å². The average molecular weight is 206 g/mol. The lowest BCUT2D eigenvalue weighted by Crippen LogP contribution is -2.24. The molecule has 1 unspecified atom stereocenters. The summed E-state index contributed by atoms with van der Waals surface area (Å²) < 4.78 is 12.5. The normalized spacial score (nSPS) is 21.3. The number of aliphatic carboxylic acids is 1. The minimum absolute atomic E-state index is 0.00810. The van der Waals surface area contributed by atoms with E-state index in [1.165, 1.54) is 0 Å². The molecule has 1 aliphatic rings. The van der Waals surface area contributed by atoms with Gasteiger partial charge in [-0.3, -0.25) is 9.18 Å². The molecule has 0 aliphatic carbocycles. The Morgan fingerprint density at radius 3 is 2.62 bits per heavy atom. The highest BCUT2D eigenvalue weighted by atomic mass is 32.2. The summed E-state index contributed by atoms with van der Waals surface area (Å²) in [5.74, 6) is 1.28. The first kappa shape index (κ1) is 10.8. The van der Waals surface area contributed by atoms with Gasteiger partial charge in [0.15, 0.2) is 0 Å². The van der Waals surface area contributed by atoms with E-state index in [4.69, 9.17) is 5.11 Å². The Bertz CT molecular complexity index is 169. The van der Waals surface area contributed by atoms with Crippen LogP contribution in [0.4, 0.5) is 4.39 Å². The fourth-order valence-electron chi connectivity index (χ4n) is 1.76. The molecule has 0 aromatic rings. The van der Waals surface area contributed by atoms with Crippen LogP contribution in [0.5, 0.6) is 0 Å². The van der Waals surface area contributed by atoms with Crippen molar-refractivity contribution in [2.75, 3.05) is 18.2 Å². The van der Waals surface area contributed by atoms with E-state index in [9.17, 15) is 9.18 Å². The van der Waals surface area contributed by atoms with Crippen molar-refractivity contribution < 1.29 is 14.3 Å². The molecule has 1 heterocycles. The second kappa shape index (κ2) is 5.47. The van der Waals surface area contributed by atoms with Crippen LogP contribution in [0.1, 0.15) is 19.3 Å². The highest BCUT2D eigenvalue weighted by Crippen LogP contribution is 2.30. The molecule has 0 bridgehead atoms. The SMILES string of the molecule is O=C(O)CC(CF)C1CCSCC1. The highest BCUT2D eigenvalue weighted by Gasteiger charge is 2.25.